The fourth-order valence-electron chi connectivity index (χ4n) is 1.95. The largest absolute Gasteiger partial charge is 0.240 e. The predicted molar refractivity (Wildman–Crippen MR) is 89.1 cm³/mol. The summed E-state index contributed by atoms with van der Waals surface area (Å²) < 4.78 is 26.9. The summed E-state index contributed by atoms with van der Waals surface area (Å²) in [6.07, 6.45) is 0.690. The molecular formula is C16H18BrNO2S. The van der Waals surface area contributed by atoms with Gasteiger partial charge >= 0.3 is 0 Å². The topological polar surface area (TPSA) is 46.2 Å². The maximum absolute atomic E-state index is 12.1. The molecule has 0 heterocycles. The first kappa shape index (κ1) is 16.2. The van der Waals surface area contributed by atoms with Gasteiger partial charge in [-0.1, -0.05) is 64.0 Å². The van der Waals surface area contributed by atoms with Gasteiger partial charge in [0.2, 0.25) is 10.0 Å². The molecule has 0 saturated carbocycles. The van der Waals surface area contributed by atoms with Gasteiger partial charge in [-0.15, -0.1) is 0 Å². The number of alkyl halides is 1. The lowest BCUT2D eigenvalue weighted by atomic mass is 10.1. The minimum atomic E-state index is -3.43. The second-order valence-corrected chi connectivity index (χ2v) is 7.75. The van der Waals surface area contributed by atoms with Crippen molar-refractivity contribution in [3.63, 3.8) is 0 Å². The molecule has 3 nitrogen and oxygen atoms in total. The van der Waals surface area contributed by atoms with Crippen molar-refractivity contribution in [3.8, 4) is 0 Å². The van der Waals surface area contributed by atoms with Crippen LogP contribution in [-0.4, -0.2) is 15.0 Å². The van der Waals surface area contributed by atoms with Crippen LogP contribution in [0.2, 0.25) is 0 Å². The van der Waals surface area contributed by atoms with Gasteiger partial charge in [0.05, 0.1) is 4.90 Å². The van der Waals surface area contributed by atoms with E-state index in [-0.39, 0.29) is 4.83 Å². The molecule has 0 bridgehead atoms. The molecule has 21 heavy (non-hydrogen) atoms. The van der Waals surface area contributed by atoms with Gasteiger partial charge < -0.3 is 0 Å². The molecule has 0 aliphatic heterocycles. The molecule has 1 atom stereocenters. The van der Waals surface area contributed by atoms with Crippen LogP contribution in [0.3, 0.4) is 0 Å². The Morgan fingerprint density at radius 3 is 2.29 bits per heavy atom. The summed E-state index contributed by atoms with van der Waals surface area (Å²) in [4.78, 5) is 0.443. The Balaban J connectivity index is 1.92. The molecule has 2 rings (SSSR count). The quantitative estimate of drug-likeness (QED) is 0.789. The summed E-state index contributed by atoms with van der Waals surface area (Å²) >= 11 is 3.58. The highest BCUT2D eigenvalue weighted by atomic mass is 79.9. The third-order valence-electron chi connectivity index (χ3n) is 3.18. The number of aryl methyl sites for hydroxylation is 1. The lowest BCUT2D eigenvalue weighted by Crippen LogP contribution is -2.25. The third-order valence-corrected chi connectivity index (χ3v) is 5.65. The minimum absolute atomic E-state index is 0.138. The van der Waals surface area contributed by atoms with E-state index in [1.807, 2.05) is 37.3 Å². The molecule has 0 fully saturated rings. The fourth-order valence-corrected chi connectivity index (χ4v) is 3.53. The first-order chi connectivity index (χ1) is 9.99. The molecule has 2 aromatic carbocycles. The lowest BCUT2D eigenvalue weighted by Gasteiger charge is -2.11. The van der Waals surface area contributed by atoms with Crippen LogP contribution in [0.1, 0.15) is 22.4 Å². The van der Waals surface area contributed by atoms with E-state index in [9.17, 15) is 8.42 Å². The van der Waals surface area contributed by atoms with Crippen molar-refractivity contribution in [2.75, 3.05) is 6.54 Å². The smallest absolute Gasteiger partial charge is 0.211 e. The second-order valence-electron chi connectivity index (χ2n) is 4.88. The van der Waals surface area contributed by atoms with E-state index in [1.54, 1.807) is 24.3 Å². The van der Waals surface area contributed by atoms with Crippen LogP contribution in [0.5, 0.6) is 0 Å². The monoisotopic (exact) mass is 367 g/mol. The Labute approximate surface area is 134 Å². The molecule has 1 N–H and O–H groups in total. The molecule has 0 saturated heterocycles. The SMILES string of the molecule is Cc1ccc(S(=O)(=O)NCCC(Br)c2ccccc2)cc1. The van der Waals surface area contributed by atoms with Gasteiger partial charge in [0.25, 0.3) is 0 Å². The Kier molecular flexibility index (Phi) is 5.56. The Hall–Kier alpha value is -1.17. The van der Waals surface area contributed by atoms with Crippen molar-refractivity contribution >= 4 is 26.0 Å². The van der Waals surface area contributed by atoms with Crippen molar-refractivity contribution in [2.45, 2.75) is 23.1 Å². The summed E-state index contributed by atoms with van der Waals surface area (Å²) in [5.74, 6) is 0. The van der Waals surface area contributed by atoms with Crippen molar-refractivity contribution < 1.29 is 8.42 Å². The fraction of sp³-hybridized carbons (Fsp3) is 0.250. The summed E-state index contributed by atoms with van der Waals surface area (Å²) in [5.41, 5.74) is 2.19. The number of hydrogen-bond donors (Lipinski definition) is 1. The molecule has 1 unspecified atom stereocenters. The maximum Gasteiger partial charge on any atom is 0.240 e. The van der Waals surface area contributed by atoms with Gasteiger partial charge in [0, 0.05) is 11.4 Å². The van der Waals surface area contributed by atoms with E-state index in [1.165, 1.54) is 0 Å². The Bertz CT molecular complexity index is 669. The first-order valence-corrected chi connectivity index (χ1v) is 9.14. The Morgan fingerprint density at radius 2 is 1.67 bits per heavy atom. The van der Waals surface area contributed by atoms with E-state index in [4.69, 9.17) is 0 Å². The van der Waals surface area contributed by atoms with Crippen LogP contribution in [-0.2, 0) is 10.0 Å². The number of benzene rings is 2. The highest BCUT2D eigenvalue weighted by Gasteiger charge is 2.14. The van der Waals surface area contributed by atoms with E-state index in [0.29, 0.717) is 17.9 Å². The highest BCUT2D eigenvalue weighted by Crippen LogP contribution is 2.25. The highest BCUT2D eigenvalue weighted by molar-refractivity contribution is 9.09. The van der Waals surface area contributed by atoms with Crippen LogP contribution in [0.25, 0.3) is 0 Å². The Morgan fingerprint density at radius 1 is 1.05 bits per heavy atom. The average Bonchev–Trinajstić information content (AvgIpc) is 2.48. The van der Waals surface area contributed by atoms with Crippen molar-refractivity contribution in [2.24, 2.45) is 0 Å². The number of halogens is 1. The molecule has 5 heteroatoms. The normalized spacial score (nSPS) is 13.0. The van der Waals surface area contributed by atoms with Crippen LogP contribution >= 0.6 is 15.9 Å². The van der Waals surface area contributed by atoms with Gasteiger partial charge in [0.15, 0.2) is 0 Å². The van der Waals surface area contributed by atoms with E-state index in [2.05, 4.69) is 20.7 Å². The van der Waals surface area contributed by atoms with Gasteiger partial charge in [-0.05, 0) is 31.0 Å². The van der Waals surface area contributed by atoms with Crippen molar-refractivity contribution in [3.05, 3.63) is 65.7 Å². The summed E-state index contributed by atoms with van der Waals surface area (Å²) in [5, 5.41) is 0. The third kappa shape index (κ3) is 4.66. The second kappa shape index (κ2) is 7.20. The van der Waals surface area contributed by atoms with Crippen LogP contribution in [0, 0.1) is 6.92 Å². The number of hydrogen-bond acceptors (Lipinski definition) is 2. The lowest BCUT2D eigenvalue weighted by molar-refractivity contribution is 0.579. The summed E-state index contributed by atoms with van der Waals surface area (Å²) in [7, 11) is -3.43. The molecule has 112 valence electrons. The zero-order valence-corrected chi connectivity index (χ0v) is 14.2. The van der Waals surface area contributed by atoms with E-state index in [0.717, 1.165) is 11.1 Å². The molecular weight excluding hydrogens is 350 g/mol. The zero-order valence-electron chi connectivity index (χ0n) is 11.8. The van der Waals surface area contributed by atoms with Gasteiger partial charge in [-0.2, -0.15) is 0 Å². The molecule has 0 aliphatic rings. The van der Waals surface area contributed by atoms with Gasteiger partial charge in [-0.25, -0.2) is 13.1 Å². The summed E-state index contributed by atoms with van der Waals surface area (Å²) in [6.45, 7) is 2.32. The van der Waals surface area contributed by atoms with Gasteiger partial charge in [-0.3, -0.25) is 0 Å². The number of nitrogens with one attached hydrogen (secondary N) is 1. The van der Waals surface area contributed by atoms with E-state index < -0.39 is 10.0 Å². The van der Waals surface area contributed by atoms with Crippen LogP contribution in [0.15, 0.2) is 59.5 Å². The predicted octanol–water partition coefficient (Wildman–Crippen LogP) is 3.80. The summed E-state index contributed by atoms with van der Waals surface area (Å²) in [6, 6.07) is 16.8. The molecule has 0 spiro atoms. The molecule has 0 radical (unpaired) electrons. The number of sulfonamides is 1. The number of rotatable bonds is 6. The van der Waals surface area contributed by atoms with Crippen molar-refractivity contribution in [1.82, 2.24) is 4.72 Å². The molecule has 2 aromatic rings. The zero-order chi connectivity index (χ0) is 15.3. The minimum Gasteiger partial charge on any atom is -0.211 e. The molecule has 0 amide bonds. The standard InChI is InChI=1S/C16H18BrNO2S/c1-13-7-9-15(10-8-13)21(19,20)18-12-11-16(17)14-5-3-2-4-6-14/h2-10,16,18H,11-12H2,1H3. The average molecular weight is 368 g/mol. The van der Waals surface area contributed by atoms with E-state index >= 15 is 0 Å². The van der Waals surface area contributed by atoms with Crippen LogP contribution in [0.4, 0.5) is 0 Å². The van der Waals surface area contributed by atoms with Crippen LogP contribution < -0.4 is 4.72 Å². The first-order valence-electron chi connectivity index (χ1n) is 6.74. The molecule has 0 aliphatic carbocycles. The molecule has 0 aromatic heterocycles. The van der Waals surface area contributed by atoms with Gasteiger partial charge in [0.1, 0.15) is 0 Å². The maximum atomic E-state index is 12.1. The van der Waals surface area contributed by atoms with Crippen molar-refractivity contribution in [1.29, 1.82) is 0 Å².